The van der Waals surface area contributed by atoms with Gasteiger partial charge in [-0.3, -0.25) is 0 Å². The first kappa shape index (κ1) is 12.6. The van der Waals surface area contributed by atoms with Crippen LogP contribution in [0.3, 0.4) is 0 Å². The van der Waals surface area contributed by atoms with E-state index in [1.807, 2.05) is 0 Å². The summed E-state index contributed by atoms with van der Waals surface area (Å²) in [4.78, 5) is 0. The molecule has 0 aromatic carbocycles. The summed E-state index contributed by atoms with van der Waals surface area (Å²) < 4.78 is 1.56. The number of nitrogens with two attached hydrogens (primary N) is 1. The van der Waals surface area contributed by atoms with Crippen LogP contribution in [0.1, 0.15) is 59.8 Å². The molecule has 88 valence electrons. The predicted octanol–water partition coefficient (Wildman–Crippen LogP) is 2.87. The third kappa shape index (κ3) is 2.39. The lowest BCUT2D eigenvalue weighted by molar-refractivity contribution is -0.636. The standard InChI is InChI=1S/C12H25N3/c1-5-11(4,13)9-12(6-2)8-7-10(3)15(12)14/h10H,5-9,13H2,1-4H3. The summed E-state index contributed by atoms with van der Waals surface area (Å²) in [7, 11) is 0. The van der Waals surface area contributed by atoms with Gasteiger partial charge in [0.15, 0.2) is 5.54 Å². The highest BCUT2D eigenvalue weighted by molar-refractivity contribution is 4.93. The van der Waals surface area contributed by atoms with Gasteiger partial charge < -0.3 is 16.0 Å². The molecule has 1 rings (SSSR count). The van der Waals surface area contributed by atoms with Gasteiger partial charge in [0.25, 0.3) is 0 Å². The largest absolute Gasteiger partial charge is 0.506 e. The zero-order valence-corrected chi connectivity index (χ0v) is 10.6. The van der Waals surface area contributed by atoms with Gasteiger partial charge >= 0.3 is 0 Å². The van der Waals surface area contributed by atoms with E-state index in [-0.39, 0.29) is 17.1 Å². The molecule has 0 bridgehead atoms. The number of rotatable bonds is 4. The summed E-state index contributed by atoms with van der Waals surface area (Å²) in [5.74, 6) is 0. The van der Waals surface area contributed by atoms with Crippen LogP contribution in [0.5, 0.6) is 0 Å². The van der Waals surface area contributed by atoms with Gasteiger partial charge in [-0.25, -0.2) is 0 Å². The van der Waals surface area contributed by atoms with Crippen molar-refractivity contribution in [1.82, 2.24) is 0 Å². The summed E-state index contributed by atoms with van der Waals surface area (Å²) in [6.07, 6.45) is 4.95. The van der Waals surface area contributed by atoms with Gasteiger partial charge in [-0.15, -0.1) is 0 Å². The number of hydrogen-bond donors (Lipinski definition) is 1. The fourth-order valence-electron chi connectivity index (χ4n) is 2.69. The van der Waals surface area contributed by atoms with Crippen LogP contribution in [0, 0.1) is 0 Å². The second-order valence-corrected chi connectivity index (χ2v) is 5.49. The summed E-state index contributed by atoms with van der Waals surface area (Å²) in [5.41, 5.74) is 16.1. The molecule has 3 atom stereocenters. The van der Waals surface area contributed by atoms with Gasteiger partial charge in [-0.2, -0.15) is 0 Å². The zero-order valence-electron chi connectivity index (χ0n) is 10.6. The summed E-state index contributed by atoms with van der Waals surface area (Å²) in [6.45, 7) is 8.43. The lowest BCUT2D eigenvalue weighted by atomic mass is 9.79. The van der Waals surface area contributed by atoms with Gasteiger partial charge in [-0.05, 0) is 20.3 Å². The maximum atomic E-state index is 10.1. The Morgan fingerprint density at radius 3 is 2.47 bits per heavy atom. The SMILES string of the molecule is CCC(C)(N)CC1(CC)CCC(C)[N+]1=[N-]. The number of nitrogens with zero attached hydrogens (tertiary/aromatic N) is 2. The van der Waals surface area contributed by atoms with E-state index in [9.17, 15) is 5.53 Å². The molecular weight excluding hydrogens is 186 g/mol. The first-order valence-electron chi connectivity index (χ1n) is 6.14. The summed E-state index contributed by atoms with van der Waals surface area (Å²) in [5, 5.41) is 0. The van der Waals surface area contributed by atoms with E-state index in [0.717, 1.165) is 32.1 Å². The molecule has 3 heteroatoms. The first-order valence-corrected chi connectivity index (χ1v) is 6.14. The third-order valence-corrected chi connectivity index (χ3v) is 4.13. The first-order chi connectivity index (χ1) is 6.87. The Morgan fingerprint density at radius 1 is 1.53 bits per heavy atom. The Labute approximate surface area is 93.5 Å². The second kappa shape index (κ2) is 4.20. The minimum Gasteiger partial charge on any atom is -0.506 e. The van der Waals surface area contributed by atoms with Crippen molar-refractivity contribution in [3.8, 4) is 0 Å². The molecular formula is C12H25N3. The molecule has 0 spiro atoms. The average Bonchev–Trinajstić information content (AvgIpc) is 2.47. The maximum absolute atomic E-state index is 10.1. The fourth-order valence-corrected chi connectivity index (χ4v) is 2.69. The molecule has 15 heavy (non-hydrogen) atoms. The molecule has 3 unspecified atom stereocenters. The molecule has 1 fully saturated rings. The topological polar surface area (TPSA) is 51.3 Å². The van der Waals surface area contributed by atoms with E-state index in [2.05, 4.69) is 27.7 Å². The minimum absolute atomic E-state index is 0.0844. The monoisotopic (exact) mass is 211 g/mol. The Hall–Kier alpha value is -0.440. The van der Waals surface area contributed by atoms with Crippen LogP contribution in [-0.2, 0) is 0 Å². The molecule has 1 aliphatic heterocycles. The Morgan fingerprint density at radius 2 is 2.13 bits per heavy atom. The van der Waals surface area contributed by atoms with Gasteiger partial charge in [0.1, 0.15) is 6.04 Å². The van der Waals surface area contributed by atoms with Crippen LogP contribution in [0.15, 0.2) is 0 Å². The van der Waals surface area contributed by atoms with E-state index >= 15 is 0 Å². The van der Waals surface area contributed by atoms with Crippen molar-refractivity contribution in [3.05, 3.63) is 5.53 Å². The van der Waals surface area contributed by atoms with Crippen molar-refractivity contribution in [3.63, 3.8) is 0 Å². The van der Waals surface area contributed by atoms with Crippen LogP contribution < -0.4 is 5.73 Å². The van der Waals surface area contributed by atoms with Crippen molar-refractivity contribution in [2.24, 2.45) is 5.73 Å². The minimum atomic E-state index is -0.166. The van der Waals surface area contributed by atoms with Gasteiger partial charge in [0, 0.05) is 31.2 Å². The molecule has 1 heterocycles. The van der Waals surface area contributed by atoms with Crippen LogP contribution >= 0.6 is 0 Å². The van der Waals surface area contributed by atoms with Crippen molar-refractivity contribution < 1.29 is 4.70 Å². The summed E-state index contributed by atoms with van der Waals surface area (Å²) >= 11 is 0. The van der Waals surface area contributed by atoms with Crippen molar-refractivity contribution >= 4 is 0 Å². The molecule has 1 saturated heterocycles. The normalized spacial score (nSPS) is 35.5. The van der Waals surface area contributed by atoms with E-state index in [4.69, 9.17) is 5.73 Å². The smallest absolute Gasteiger partial charge is 0.152 e. The maximum Gasteiger partial charge on any atom is 0.152 e. The molecule has 0 aromatic rings. The van der Waals surface area contributed by atoms with Crippen molar-refractivity contribution in [2.45, 2.75) is 76.9 Å². The van der Waals surface area contributed by atoms with Gasteiger partial charge in [-0.1, -0.05) is 13.8 Å². The second-order valence-electron chi connectivity index (χ2n) is 5.49. The van der Waals surface area contributed by atoms with Crippen molar-refractivity contribution in [2.75, 3.05) is 0 Å². The predicted molar refractivity (Wildman–Crippen MR) is 62.8 cm³/mol. The Balaban J connectivity index is 2.83. The van der Waals surface area contributed by atoms with E-state index in [0.29, 0.717) is 0 Å². The lowest BCUT2D eigenvalue weighted by Crippen LogP contribution is -2.48. The average molecular weight is 211 g/mol. The van der Waals surface area contributed by atoms with Crippen LogP contribution in [-0.4, -0.2) is 21.8 Å². The van der Waals surface area contributed by atoms with E-state index in [1.165, 1.54) is 0 Å². The van der Waals surface area contributed by atoms with E-state index < -0.39 is 0 Å². The molecule has 0 aliphatic carbocycles. The van der Waals surface area contributed by atoms with Gasteiger partial charge in [0.2, 0.25) is 0 Å². The molecule has 0 amide bonds. The van der Waals surface area contributed by atoms with Crippen LogP contribution in [0.25, 0.3) is 5.53 Å². The molecule has 0 radical (unpaired) electrons. The summed E-state index contributed by atoms with van der Waals surface area (Å²) in [6, 6.07) is 0.276. The lowest BCUT2D eigenvalue weighted by Gasteiger charge is -2.35. The molecule has 2 N–H and O–H groups in total. The Kier molecular flexibility index (Phi) is 3.54. The molecule has 1 aliphatic rings. The van der Waals surface area contributed by atoms with E-state index in [1.54, 1.807) is 4.70 Å². The highest BCUT2D eigenvalue weighted by Gasteiger charge is 2.47. The van der Waals surface area contributed by atoms with Crippen LogP contribution in [0.4, 0.5) is 0 Å². The molecule has 0 saturated carbocycles. The van der Waals surface area contributed by atoms with Gasteiger partial charge in [0.05, 0.1) is 0 Å². The third-order valence-electron chi connectivity index (χ3n) is 4.13. The molecule has 0 aromatic heterocycles. The Bertz CT molecular complexity index is 247. The highest BCUT2D eigenvalue weighted by atomic mass is 15.3. The van der Waals surface area contributed by atoms with Crippen molar-refractivity contribution in [1.29, 1.82) is 0 Å². The van der Waals surface area contributed by atoms with Crippen LogP contribution in [0.2, 0.25) is 0 Å². The number of hydrogen-bond acceptors (Lipinski definition) is 1. The zero-order chi connectivity index (χ0) is 11.7. The highest BCUT2D eigenvalue weighted by Crippen LogP contribution is 2.38. The molecule has 3 nitrogen and oxygen atoms in total. The fraction of sp³-hybridized carbons (Fsp3) is 1.00. The quantitative estimate of drug-likeness (QED) is 0.714.